The first-order valence-corrected chi connectivity index (χ1v) is 9.07. The number of nitrogens with one attached hydrogen (secondary N) is 1. The summed E-state index contributed by atoms with van der Waals surface area (Å²) in [5.74, 6) is 1.05. The standard InChI is InChI=1S/C24H17N3O/c28-19-6-1-4-16(15-19)20-7-2-8-22-21(20)11-13-26-24(22)27-18-9-10-23-17(14-18)5-3-12-25-23/h1-15,28H,(H,26,27). The van der Waals surface area contributed by atoms with E-state index in [-0.39, 0.29) is 5.75 Å². The molecule has 2 N–H and O–H groups in total. The van der Waals surface area contributed by atoms with Gasteiger partial charge in [-0.1, -0.05) is 36.4 Å². The van der Waals surface area contributed by atoms with Gasteiger partial charge < -0.3 is 10.4 Å². The monoisotopic (exact) mass is 363 g/mol. The minimum Gasteiger partial charge on any atom is -0.508 e. The molecule has 0 bridgehead atoms. The molecule has 4 nitrogen and oxygen atoms in total. The fraction of sp³-hybridized carbons (Fsp3) is 0. The number of hydrogen-bond donors (Lipinski definition) is 2. The van der Waals surface area contributed by atoms with E-state index in [1.165, 1.54) is 0 Å². The number of fused-ring (bicyclic) bond motifs is 2. The molecule has 5 rings (SSSR count). The Kier molecular flexibility index (Phi) is 3.87. The molecule has 0 fully saturated rings. The number of aromatic nitrogens is 2. The first kappa shape index (κ1) is 16.3. The third-order valence-electron chi connectivity index (χ3n) is 4.83. The van der Waals surface area contributed by atoms with Crippen molar-refractivity contribution in [3.8, 4) is 16.9 Å². The Labute approximate surface area is 162 Å². The zero-order chi connectivity index (χ0) is 18.9. The Balaban J connectivity index is 1.61. The zero-order valence-electron chi connectivity index (χ0n) is 15.0. The molecule has 0 atom stereocenters. The van der Waals surface area contributed by atoms with Crippen molar-refractivity contribution in [1.82, 2.24) is 9.97 Å². The number of benzene rings is 3. The van der Waals surface area contributed by atoms with Crippen LogP contribution < -0.4 is 5.32 Å². The van der Waals surface area contributed by atoms with Crippen LogP contribution in [0.5, 0.6) is 5.75 Å². The minimum atomic E-state index is 0.256. The Morgan fingerprint density at radius 1 is 0.714 bits per heavy atom. The van der Waals surface area contributed by atoms with Gasteiger partial charge in [-0.05, 0) is 59.0 Å². The van der Waals surface area contributed by atoms with Gasteiger partial charge in [0, 0.05) is 28.9 Å². The Bertz CT molecular complexity index is 1310. The summed E-state index contributed by atoms with van der Waals surface area (Å²) in [5.41, 5.74) is 3.95. The van der Waals surface area contributed by atoms with Crippen LogP contribution in [0.15, 0.2) is 91.3 Å². The number of hydrogen-bond acceptors (Lipinski definition) is 4. The maximum absolute atomic E-state index is 9.85. The van der Waals surface area contributed by atoms with Gasteiger partial charge in [0.2, 0.25) is 0 Å². The second-order valence-electron chi connectivity index (χ2n) is 6.65. The molecular weight excluding hydrogens is 346 g/mol. The van der Waals surface area contributed by atoms with Crippen molar-refractivity contribution in [2.75, 3.05) is 5.32 Å². The topological polar surface area (TPSA) is 58.0 Å². The normalized spacial score (nSPS) is 11.0. The van der Waals surface area contributed by atoms with E-state index < -0.39 is 0 Å². The van der Waals surface area contributed by atoms with Crippen molar-refractivity contribution in [2.45, 2.75) is 0 Å². The first-order chi connectivity index (χ1) is 13.8. The van der Waals surface area contributed by atoms with E-state index in [0.717, 1.165) is 44.3 Å². The molecule has 0 spiro atoms. The van der Waals surface area contributed by atoms with Gasteiger partial charge in [0.05, 0.1) is 5.52 Å². The van der Waals surface area contributed by atoms with Crippen LogP contribution in [0, 0.1) is 0 Å². The molecule has 0 saturated carbocycles. The van der Waals surface area contributed by atoms with Gasteiger partial charge in [-0.2, -0.15) is 0 Å². The average Bonchev–Trinajstić information content (AvgIpc) is 2.73. The largest absolute Gasteiger partial charge is 0.508 e. The Hall–Kier alpha value is -3.92. The van der Waals surface area contributed by atoms with Gasteiger partial charge in [-0.25, -0.2) is 4.98 Å². The number of nitrogens with zero attached hydrogens (tertiary/aromatic N) is 2. The number of pyridine rings is 2. The van der Waals surface area contributed by atoms with Crippen molar-refractivity contribution >= 4 is 33.2 Å². The van der Waals surface area contributed by atoms with E-state index >= 15 is 0 Å². The maximum atomic E-state index is 9.85. The highest BCUT2D eigenvalue weighted by molar-refractivity contribution is 6.02. The summed E-state index contributed by atoms with van der Waals surface area (Å²) in [6.45, 7) is 0. The van der Waals surface area contributed by atoms with Gasteiger partial charge in [0.15, 0.2) is 0 Å². The smallest absolute Gasteiger partial charge is 0.138 e. The van der Waals surface area contributed by atoms with Gasteiger partial charge in [-0.3, -0.25) is 4.98 Å². The van der Waals surface area contributed by atoms with Crippen LogP contribution in [-0.2, 0) is 0 Å². The van der Waals surface area contributed by atoms with Gasteiger partial charge >= 0.3 is 0 Å². The molecule has 0 unspecified atom stereocenters. The average molecular weight is 363 g/mol. The third-order valence-corrected chi connectivity index (χ3v) is 4.83. The van der Waals surface area contributed by atoms with E-state index in [0.29, 0.717) is 0 Å². The molecule has 0 saturated heterocycles. The van der Waals surface area contributed by atoms with Crippen molar-refractivity contribution in [2.24, 2.45) is 0 Å². The molecule has 4 heteroatoms. The highest BCUT2D eigenvalue weighted by Gasteiger charge is 2.09. The number of anilines is 2. The number of rotatable bonds is 3. The van der Waals surface area contributed by atoms with E-state index in [1.54, 1.807) is 24.5 Å². The van der Waals surface area contributed by atoms with Crippen LogP contribution in [0.2, 0.25) is 0 Å². The molecule has 0 aliphatic carbocycles. The van der Waals surface area contributed by atoms with E-state index in [4.69, 9.17) is 0 Å². The summed E-state index contributed by atoms with van der Waals surface area (Å²) in [6, 6.07) is 25.5. The van der Waals surface area contributed by atoms with Crippen LogP contribution >= 0.6 is 0 Å². The molecular formula is C24H17N3O. The summed E-state index contributed by atoms with van der Waals surface area (Å²) in [4.78, 5) is 8.93. The van der Waals surface area contributed by atoms with Gasteiger partial charge in [-0.15, -0.1) is 0 Å². The minimum absolute atomic E-state index is 0.256. The molecule has 2 aromatic heterocycles. The number of phenolic OH excluding ortho intramolecular Hbond substituents is 1. The Morgan fingerprint density at radius 2 is 1.64 bits per heavy atom. The molecule has 0 aliphatic rings. The van der Waals surface area contributed by atoms with Crippen molar-refractivity contribution < 1.29 is 5.11 Å². The van der Waals surface area contributed by atoms with Crippen molar-refractivity contribution in [1.29, 1.82) is 0 Å². The molecule has 3 aromatic carbocycles. The predicted octanol–water partition coefficient (Wildman–Crippen LogP) is 5.90. The molecule has 28 heavy (non-hydrogen) atoms. The highest BCUT2D eigenvalue weighted by atomic mass is 16.3. The summed E-state index contributed by atoms with van der Waals surface area (Å²) < 4.78 is 0. The molecule has 134 valence electrons. The molecule has 0 radical (unpaired) electrons. The summed E-state index contributed by atoms with van der Waals surface area (Å²) in [5, 5.41) is 16.5. The van der Waals surface area contributed by atoms with E-state index in [9.17, 15) is 5.11 Å². The summed E-state index contributed by atoms with van der Waals surface area (Å²) >= 11 is 0. The second kappa shape index (κ2) is 6.67. The summed E-state index contributed by atoms with van der Waals surface area (Å²) in [7, 11) is 0. The lowest BCUT2D eigenvalue weighted by Crippen LogP contribution is -1.95. The number of aromatic hydroxyl groups is 1. The predicted molar refractivity (Wildman–Crippen MR) is 114 cm³/mol. The highest BCUT2D eigenvalue weighted by Crippen LogP contribution is 2.33. The van der Waals surface area contributed by atoms with Crippen LogP contribution in [0.4, 0.5) is 11.5 Å². The third kappa shape index (κ3) is 2.91. The van der Waals surface area contributed by atoms with Gasteiger partial charge in [0.25, 0.3) is 0 Å². The zero-order valence-corrected chi connectivity index (χ0v) is 15.0. The van der Waals surface area contributed by atoms with Gasteiger partial charge in [0.1, 0.15) is 11.6 Å². The van der Waals surface area contributed by atoms with Crippen LogP contribution in [0.3, 0.4) is 0 Å². The van der Waals surface area contributed by atoms with Crippen LogP contribution in [0.25, 0.3) is 32.8 Å². The SMILES string of the molecule is Oc1cccc(-c2cccc3c(Nc4ccc5ncccc5c4)nccc23)c1. The van der Waals surface area contributed by atoms with Crippen molar-refractivity contribution in [3.05, 3.63) is 91.3 Å². The van der Waals surface area contributed by atoms with E-state index in [2.05, 4.69) is 33.5 Å². The first-order valence-electron chi connectivity index (χ1n) is 9.07. The van der Waals surface area contributed by atoms with Crippen LogP contribution in [0.1, 0.15) is 0 Å². The molecule has 0 aliphatic heterocycles. The Morgan fingerprint density at radius 3 is 2.57 bits per heavy atom. The molecule has 0 amide bonds. The molecule has 2 heterocycles. The quantitative estimate of drug-likeness (QED) is 0.419. The number of phenols is 1. The lowest BCUT2D eigenvalue weighted by Gasteiger charge is -2.12. The fourth-order valence-electron chi connectivity index (χ4n) is 3.52. The summed E-state index contributed by atoms with van der Waals surface area (Å²) in [6.07, 6.45) is 3.60. The second-order valence-corrected chi connectivity index (χ2v) is 6.65. The van der Waals surface area contributed by atoms with Crippen LogP contribution in [-0.4, -0.2) is 15.1 Å². The fourth-order valence-corrected chi connectivity index (χ4v) is 3.52. The maximum Gasteiger partial charge on any atom is 0.138 e. The van der Waals surface area contributed by atoms with E-state index in [1.807, 2.05) is 48.5 Å². The molecule has 5 aromatic rings. The van der Waals surface area contributed by atoms with Crippen molar-refractivity contribution in [3.63, 3.8) is 0 Å². The lowest BCUT2D eigenvalue weighted by molar-refractivity contribution is 0.475. The lowest BCUT2D eigenvalue weighted by atomic mass is 9.99.